The average molecular weight is 280 g/mol. The van der Waals surface area contributed by atoms with Gasteiger partial charge in [-0.05, 0) is 36.6 Å². The quantitative estimate of drug-likeness (QED) is 0.640. The zero-order chi connectivity index (χ0) is 14.7. The Bertz CT molecular complexity index is 682. The molecule has 0 saturated heterocycles. The molecular weight excluding hydrogens is 264 g/mol. The third-order valence-corrected chi connectivity index (χ3v) is 3.51. The predicted molar refractivity (Wildman–Crippen MR) is 82.3 cm³/mol. The van der Waals surface area contributed by atoms with Crippen molar-refractivity contribution in [2.45, 2.75) is 12.8 Å². The fourth-order valence-corrected chi connectivity index (χ4v) is 2.49. The van der Waals surface area contributed by atoms with Crippen molar-refractivity contribution in [3.8, 4) is 0 Å². The number of rotatable bonds is 1. The molecule has 1 aromatic carbocycles. The molecule has 21 heavy (non-hydrogen) atoms. The highest BCUT2D eigenvalue weighted by molar-refractivity contribution is 6.07. The number of hydrogen-bond acceptors (Lipinski definition) is 2. The number of amides is 1. The maximum Gasteiger partial charge on any atom is 0.281 e. The van der Waals surface area contributed by atoms with E-state index in [-0.39, 0.29) is 11.9 Å². The van der Waals surface area contributed by atoms with Gasteiger partial charge in [-0.2, -0.15) is 4.99 Å². The van der Waals surface area contributed by atoms with Crippen molar-refractivity contribution >= 4 is 17.6 Å². The predicted octanol–water partition coefficient (Wildman–Crippen LogP) is 1.99. The lowest BCUT2D eigenvalue weighted by atomic mass is 10.0. The first-order chi connectivity index (χ1) is 10.3. The number of nitrogens with zero attached hydrogens (tertiary/aromatic N) is 3. The molecular formula is C16H16N4O. The molecule has 5 heteroatoms. The highest BCUT2D eigenvalue weighted by Gasteiger charge is 2.19. The second-order valence-electron chi connectivity index (χ2n) is 4.90. The van der Waals surface area contributed by atoms with Gasteiger partial charge in [0.2, 0.25) is 5.96 Å². The Morgan fingerprint density at radius 3 is 2.90 bits per heavy atom. The highest BCUT2D eigenvalue weighted by Crippen LogP contribution is 2.26. The van der Waals surface area contributed by atoms with Crippen molar-refractivity contribution < 1.29 is 4.79 Å². The number of benzene rings is 1. The molecule has 0 aliphatic carbocycles. The minimum Gasteiger partial charge on any atom is -0.369 e. The molecule has 0 bridgehead atoms. The van der Waals surface area contributed by atoms with Crippen molar-refractivity contribution in [2.75, 3.05) is 11.4 Å². The van der Waals surface area contributed by atoms with Gasteiger partial charge in [-0.25, -0.2) is 0 Å². The molecule has 0 fully saturated rings. The lowest BCUT2D eigenvalue weighted by Gasteiger charge is -2.29. The maximum atomic E-state index is 12.1. The van der Waals surface area contributed by atoms with Crippen LogP contribution >= 0.6 is 0 Å². The minimum atomic E-state index is -0.372. The Labute approximate surface area is 123 Å². The largest absolute Gasteiger partial charge is 0.369 e. The molecule has 0 unspecified atom stereocenters. The van der Waals surface area contributed by atoms with E-state index in [4.69, 9.17) is 5.73 Å². The van der Waals surface area contributed by atoms with Gasteiger partial charge >= 0.3 is 0 Å². The van der Waals surface area contributed by atoms with E-state index in [9.17, 15) is 4.79 Å². The number of aliphatic imine (C=N–C) groups is 1. The van der Waals surface area contributed by atoms with Crippen LogP contribution in [0.1, 0.15) is 22.3 Å². The number of anilines is 1. The van der Waals surface area contributed by atoms with Gasteiger partial charge in [0, 0.05) is 24.6 Å². The zero-order valence-corrected chi connectivity index (χ0v) is 11.6. The Hall–Kier alpha value is -2.69. The van der Waals surface area contributed by atoms with E-state index in [1.807, 2.05) is 23.1 Å². The number of fused-ring (bicyclic) bond motifs is 1. The van der Waals surface area contributed by atoms with Crippen LogP contribution in [0.3, 0.4) is 0 Å². The Morgan fingerprint density at radius 1 is 1.24 bits per heavy atom. The monoisotopic (exact) mass is 280 g/mol. The van der Waals surface area contributed by atoms with Gasteiger partial charge in [0.25, 0.3) is 5.91 Å². The first kappa shape index (κ1) is 13.3. The summed E-state index contributed by atoms with van der Waals surface area (Å²) in [5, 5.41) is 0. The summed E-state index contributed by atoms with van der Waals surface area (Å²) >= 11 is 0. The zero-order valence-electron chi connectivity index (χ0n) is 11.6. The van der Waals surface area contributed by atoms with E-state index in [0.717, 1.165) is 25.1 Å². The lowest BCUT2D eigenvalue weighted by molar-refractivity contribution is 0.100. The van der Waals surface area contributed by atoms with Crippen LogP contribution in [0, 0.1) is 0 Å². The van der Waals surface area contributed by atoms with E-state index in [0.29, 0.717) is 5.56 Å². The molecule has 2 heterocycles. The molecule has 1 aromatic heterocycles. The van der Waals surface area contributed by atoms with Crippen molar-refractivity contribution in [1.82, 2.24) is 4.98 Å². The number of pyridine rings is 1. The van der Waals surface area contributed by atoms with Crippen molar-refractivity contribution in [3.63, 3.8) is 0 Å². The van der Waals surface area contributed by atoms with Gasteiger partial charge < -0.3 is 10.6 Å². The number of nitrogens with two attached hydrogens (primary N) is 1. The Morgan fingerprint density at radius 2 is 2.10 bits per heavy atom. The third-order valence-electron chi connectivity index (χ3n) is 3.51. The second kappa shape index (κ2) is 5.75. The molecule has 0 saturated carbocycles. The molecule has 2 N–H and O–H groups in total. The summed E-state index contributed by atoms with van der Waals surface area (Å²) in [6.45, 7) is 0.771. The van der Waals surface area contributed by atoms with Crippen LogP contribution < -0.4 is 10.6 Å². The van der Waals surface area contributed by atoms with Gasteiger partial charge in [-0.1, -0.05) is 18.2 Å². The van der Waals surface area contributed by atoms with Crippen LogP contribution in [-0.4, -0.2) is 23.4 Å². The number of carbonyl (C=O) groups excluding carboxylic acids is 1. The van der Waals surface area contributed by atoms with Crippen LogP contribution in [0.2, 0.25) is 0 Å². The van der Waals surface area contributed by atoms with Crippen molar-refractivity contribution in [3.05, 3.63) is 59.9 Å². The number of aryl methyl sites for hydroxylation is 1. The highest BCUT2D eigenvalue weighted by atomic mass is 16.1. The summed E-state index contributed by atoms with van der Waals surface area (Å²) < 4.78 is 0. The van der Waals surface area contributed by atoms with E-state index < -0.39 is 0 Å². The van der Waals surface area contributed by atoms with Crippen LogP contribution in [0.25, 0.3) is 0 Å². The first-order valence-corrected chi connectivity index (χ1v) is 6.89. The summed E-state index contributed by atoms with van der Waals surface area (Å²) in [5.74, 6) is -0.139. The number of hydrogen-bond donors (Lipinski definition) is 1. The van der Waals surface area contributed by atoms with Crippen molar-refractivity contribution in [1.29, 1.82) is 0 Å². The van der Waals surface area contributed by atoms with Crippen molar-refractivity contribution in [2.24, 2.45) is 10.7 Å². The molecule has 0 atom stereocenters. The number of carbonyl (C=O) groups is 1. The molecule has 2 aromatic rings. The summed E-state index contributed by atoms with van der Waals surface area (Å²) in [6.07, 6.45) is 5.12. The van der Waals surface area contributed by atoms with Gasteiger partial charge in [0.05, 0.1) is 5.56 Å². The summed E-state index contributed by atoms with van der Waals surface area (Å²) in [5.41, 5.74) is 8.74. The van der Waals surface area contributed by atoms with E-state index in [2.05, 4.69) is 16.0 Å². The van der Waals surface area contributed by atoms with Crippen LogP contribution in [0.4, 0.5) is 5.69 Å². The average Bonchev–Trinajstić information content (AvgIpc) is 2.55. The topological polar surface area (TPSA) is 71.6 Å². The molecule has 1 aliphatic heterocycles. The fraction of sp³-hybridized carbons (Fsp3) is 0.188. The Kier molecular flexibility index (Phi) is 3.64. The number of guanidine groups is 1. The lowest BCUT2D eigenvalue weighted by Crippen LogP contribution is -2.41. The van der Waals surface area contributed by atoms with Gasteiger partial charge in [-0.3, -0.25) is 9.78 Å². The summed E-state index contributed by atoms with van der Waals surface area (Å²) in [7, 11) is 0. The fourth-order valence-electron chi connectivity index (χ4n) is 2.49. The molecule has 0 spiro atoms. The normalized spacial score (nSPS) is 14.7. The second-order valence-corrected chi connectivity index (χ2v) is 4.90. The minimum absolute atomic E-state index is 0.232. The van der Waals surface area contributed by atoms with Crippen LogP contribution in [-0.2, 0) is 6.42 Å². The van der Waals surface area contributed by atoms with Crippen LogP contribution in [0.15, 0.2) is 53.8 Å². The van der Waals surface area contributed by atoms with Gasteiger partial charge in [0.1, 0.15) is 0 Å². The Balaban J connectivity index is 1.88. The molecule has 106 valence electrons. The molecule has 5 nitrogen and oxygen atoms in total. The molecule has 0 radical (unpaired) electrons. The van der Waals surface area contributed by atoms with Crippen LogP contribution in [0.5, 0.6) is 0 Å². The third kappa shape index (κ3) is 2.76. The SMILES string of the molecule is NC(=NC(=O)c1cccnc1)N1CCCc2ccccc21. The summed E-state index contributed by atoms with van der Waals surface area (Å²) in [4.78, 5) is 21.9. The van der Waals surface area contributed by atoms with E-state index >= 15 is 0 Å². The molecule has 1 aliphatic rings. The smallest absolute Gasteiger partial charge is 0.281 e. The number of aromatic nitrogens is 1. The van der Waals surface area contributed by atoms with E-state index in [1.165, 1.54) is 11.8 Å². The summed E-state index contributed by atoms with van der Waals surface area (Å²) in [6, 6.07) is 11.4. The van der Waals surface area contributed by atoms with E-state index in [1.54, 1.807) is 18.3 Å². The number of para-hydroxylation sites is 1. The van der Waals surface area contributed by atoms with Gasteiger partial charge in [0.15, 0.2) is 0 Å². The van der Waals surface area contributed by atoms with Gasteiger partial charge in [-0.15, -0.1) is 0 Å². The first-order valence-electron chi connectivity index (χ1n) is 6.89. The molecule has 1 amide bonds. The molecule has 3 rings (SSSR count). The standard InChI is InChI=1S/C16H16N4O/c17-16(19-15(21)13-6-3-9-18-11-13)20-10-4-7-12-5-1-2-8-14(12)20/h1-3,5-6,8-9,11H,4,7,10H2,(H2,17,19,21). The maximum absolute atomic E-state index is 12.1.